The monoisotopic (exact) mass is 517 g/mol. The molecule has 2 aliphatic rings. The molecular formula is C24H26F3N7OS. The molecule has 4 heterocycles. The Morgan fingerprint density at radius 2 is 1.86 bits per heavy atom. The minimum Gasteiger partial charge on any atom is -0.376 e. The minimum atomic E-state index is -4.78. The first kappa shape index (κ1) is 24.6. The Hall–Kier alpha value is -3.09. The molecule has 2 aliphatic heterocycles. The zero-order valence-electron chi connectivity index (χ0n) is 19.8. The number of aromatic nitrogens is 3. The fraction of sp³-hybridized carbons (Fsp3) is 0.375. The Morgan fingerprint density at radius 1 is 1.08 bits per heavy atom. The van der Waals surface area contributed by atoms with Gasteiger partial charge in [0.25, 0.3) is 0 Å². The van der Waals surface area contributed by atoms with Gasteiger partial charge in [-0.2, -0.15) is 13.2 Å². The number of nitrogens with one attached hydrogen (secondary N) is 2. The van der Waals surface area contributed by atoms with E-state index in [1.54, 1.807) is 24.7 Å². The maximum Gasteiger partial charge on any atom is 0.421 e. The van der Waals surface area contributed by atoms with Crippen molar-refractivity contribution in [2.45, 2.75) is 29.0 Å². The number of thioether (sulfide) groups is 1. The zero-order chi connectivity index (χ0) is 25.5. The van der Waals surface area contributed by atoms with Crippen molar-refractivity contribution in [3.8, 4) is 0 Å². The smallest absolute Gasteiger partial charge is 0.376 e. The number of aliphatic hydroxyl groups is 1. The van der Waals surface area contributed by atoms with Gasteiger partial charge in [0.05, 0.1) is 23.0 Å². The van der Waals surface area contributed by atoms with Crippen molar-refractivity contribution in [2.75, 3.05) is 48.8 Å². The second-order valence-electron chi connectivity index (χ2n) is 9.08. The number of pyridine rings is 1. The molecule has 0 radical (unpaired) electrons. The summed E-state index contributed by atoms with van der Waals surface area (Å²) in [5, 5.41) is 16.3. The summed E-state index contributed by atoms with van der Waals surface area (Å²) in [6.45, 7) is 4.46. The lowest BCUT2D eigenvalue weighted by molar-refractivity contribution is -0.258. The lowest BCUT2D eigenvalue weighted by Gasteiger charge is -2.33. The molecule has 8 nitrogen and oxygen atoms in total. The molecule has 3 N–H and O–H groups in total. The van der Waals surface area contributed by atoms with Crippen LogP contribution in [0.3, 0.4) is 0 Å². The quantitative estimate of drug-likeness (QED) is 0.457. The fourth-order valence-corrected chi connectivity index (χ4v) is 5.15. The van der Waals surface area contributed by atoms with Gasteiger partial charge >= 0.3 is 6.18 Å². The van der Waals surface area contributed by atoms with Crippen LogP contribution in [-0.4, -0.2) is 64.4 Å². The highest BCUT2D eigenvalue weighted by Crippen LogP contribution is 2.48. The van der Waals surface area contributed by atoms with Gasteiger partial charge in [-0.3, -0.25) is 4.98 Å². The third kappa shape index (κ3) is 4.93. The van der Waals surface area contributed by atoms with Gasteiger partial charge in [-0.15, -0.1) is 0 Å². The first-order valence-electron chi connectivity index (χ1n) is 11.5. The van der Waals surface area contributed by atoms with Gasteiger partial charge in [0.15, 0.2) is 11.4 Å². The van der Waals surface area contributed by atoms with E-state index in [2.05, 4.69) is 42.4 Å². The lowest BCUT2D eigenvalue weighted by atomic mass is 9.94. The number of fused-ring (bicyclic) bond motifs is 1. The van der Waals surface area contributed by atoms with Crippen LogP contribution in [0, 0.1) is 0 Å². The zero-order valence-corrected chi connectivity index (χ0v) is 20.6. The summed E-state index contributed by atoms with van der Waals surface area (Å²) in [6.07, 6.45) is 0.319. The molecule has 0 saturated carbocycles. The lowest BCUT2D eigenvalue weighted by Crippen LogP contribution is -2.44. The molecule has 0 aliphatic carbocycles. The van der Waals surface area contributed by atoms with Gasteiger partial charge < -0.3 is 25.5 Å². The number of hydrogen-bond donors (Lipinski definition) is 3. The maximum atomic E-state index is 13.3. The Kier molecular flexibility index (Phi) is 6.43. The van der Waals surface area contributed by atoms with E-state index >= 15 is 0 Å². The molecule has 1 fully saturated rings. The van der Waals surface area contributed by atoms with Crippen LogP contribution in [0.1, 0.15) is 23.4 Å². The standard InChI is InChI=1S/C24H26F3N7OS/c1-23(35,24(25,26)27)16-5-3-4-15(10-16)22-30-17-11-19(29-12-18(17)36-22)31-20-13-28-14-21(32-20)34-8-6-33(2)7-9-34/h3-5,10-14,22,30,35H,6-9H2,1-2H3,(H,29,31,32). The van der Waals surface area contributed by atoms with Crippen molar-refractivity contribution < 1.29 is 18.3 Å². The highest BCUT2D eigenvalue weighted by atomic mass is 32.2. The van der Waals surface area contributed by atoms with Crippen LogP contribution in [0.5, 0.6) is 0 Å². The third-order valence-corrected chi connectivity index (χ3v) is 7.61. The normalized spacial score (nSPS) is 19.9. The highest BCUT2D eigenvalue weighted by molar-refractivity contribution is 8.00. The molecule has 2 atom stereocenters. The summed E-state index contributed by atoms with van der Waals surface area (Å²) in [4.78, 5) is 18.8. The molecule has 5 rings (SSSR count). The summed E-state index contributed by atoms with van der Waals surface area (Å²) >= 11 is 1.45. The van der Waals surface area contributed by atoms with Crippen molar-refractivity contribution in [3.05, 3.63) is 60.0 Å². The first-order valence-corrected chi connectivity index (χ1v) is 12.3. The summed E-state index contributed by atoms with van der Waals surface area (Å²) in [5.74, 6) is 1.95. The molecule has 1 aromatic carbocycles. The predicted octanol–water partition coefficient (Wildman–Crippen LogP) is 4.35. The van der Waals surface area contributed by atoms with Crippen LogP contribution in [-0.2, 0) is 5.60 Å². The second-order valence-corrected chi connectivity index (χ2v) is 10.2. The van der Waals surface area contributed by atoms with Gasteiger partial charge in [-0.1, -0.05) is 30.0 Å². The average Bonchev–Trinajstić information content (AvgIpc) is 3.28. The average molecular weight is 518 g/mol. The summed E-state index contributed by atoms with van der Waals surface area (Å²) in [5.41, 5.74) is -1.71. The number of anilines is 4. The molecule has 2 unspecified atom stereocenters. The number of hydrogen-bond acceptors (Lipinski definition) is 9. The van der Waals surface area contributed by atoms with E-state index in [1.165, 1.54) is 30.0 Å². The van der Waals surface area contributed by atoms with E-state index in [0.717, 1.165) is 49.5 Å². The number of alkyl halides is 3. The molecule has 190 valence electrons. The van der Waals surface area contributed by atoms with E-state index in [9.17, 15) is 18.3 Å². The number of likely N-dealkylation sites (N-methyl/N-ethyl adjacent to an activating group) is 1. The number of halogens is 3. The Balaban J connectivity index is 1.30. The van der Waals surface area contributed by atoms with Crippen LogP contribution in [0.4, 0.5) is 36.3 Å². The van der Waals surface area contributed by atoms with Gasteiger partial charge in [-0.25, -0.2) is 9.97 Å². The number of nitrogens with zero attached hydrogens (tertiary/aromatic N) is 5. The molecule has 1 saturated heterocycles. The molecule has 0 amide bonds. The van der Waals surface area contributed by atoms with E-state index in [4.69, 9.17) is 0 Å². The van der Waals surface area contributed by atoms with Gasteiger partial charge in [0.2, 0.25) is 0 Å². The molecule has 3 aromatic rings. The second kappa shape index (κ2) is 9.41. The molecule has 2 aromatic heterocycles. The Bertz CT molecular complexity index is 1250. The van der Waals surface area contributed by atoms with Crippen molar-refractivity contribution in [1.29, 1.82) is 0 Å². The summed E-state index contributed by atoms with van der Waals surface area (Å²) in [6, 6.07) is 7.76. The number of piperazine rings is 1. The Labute approximate surface area is 211 Å². The molecule has 36 heavy (non-hydrogen) atoms. The Morgan fingerprint density at radius 3 is 2.61 bits per heavy atom. The van der Waals surface area contributed by atoms with Crippen LogP contribution in [0.2, 0.25) is 0 Å². The highest BCUT2D eigenvalue weighted by Gasteiger charge is 2.51. The molecule has 12 heteroatoms. The van der Waals surface area contributed by atoms with Crippen LogP contribution in [0.15, 0.2) is 53.8 Å². The SMILES string of the molecule is CN1CCN(c2cncc(Nc3cc4c(cn3)SC(c3cccc(C(C)(O)C(F)(F)F)c3)N4)n2)CC1. The summed E-state index contributed by atoms with van der Waals surface area (Å²) < 4.78 is 39.9. The molecule has 0 bridgehead atoms. The molecule has 0 spiro atoms. The van der Waals surface area contributed by atoms with Crippen molar-refractivity contribution in [2.24, 2.45) is 0 Å². The number of rotatable bonds is 5. The predicted molar refractivity (Wildman–Crippen MR) is 134 cm³/mol. The van der Waals surface area contributed by atoms with Crippen molar-refractivity contribution in [1.82, 2.24) is 19.9 Å². The first-order chi connectivity index (χ1) is 17.1. The summed E-state index contributed by atoms with van der Waals surface area (Å²) in [7, 11) is 2.10. The van der Waals surface area contributed by atoms with Crippen LogP contribution in [0.25, 0.3) is 0 Å². The number of benzene rings is 1. The molecular weight excluding hydrogens is 491 g/mol. The van der Waals surface area contributed by atoms with E-state index < -0.39 is 11.8 Å². The maximum absolute atomic E-state index is 13.3. The van der Waals surface area contributed by atoms with E-state index in [-0.39, 0.29) is 10.9 Å². The van der Waals surface area contributed by atoms with Gasteiger partial charge in [0, 0.05) is 38.4 Å². The van der Waals surface area contributed by atoms with Gasteiger partial charge in [-0.05, 0) is 31.2 Å². The topological polar surface area (TPSA) is 89.4 Å². The van der Waals surface area contributed by atoms with Crippen LogP contribution >= 0.6 is 11.8 Å². The minimum absolute atomic E-state index is 0.204. The third-order valence-electron chi connectivity index (χ3n) is 6.41. The van der Waals surface area contributed by atoms with Crippen LogP contribution < -0.4 is 15.5 Å². The van der Waals surface area contributed by atoms with Gasteiger partial charge in [0.1, 0.15) is 17.0 Å². The largest absolute Gasteiger partial charge is 0.421 e. The van der Waals surface area contributed by atoms with E-state index in [1.807, 2.05) is 6.07 Å². The fourth-order valence-electron chi connectivity index (χ4n) is 4.07. The van der Waals surface area contributed by atoms with Crippen molar-refractivity contribution in [3.63, 3.8) is 0 Å². The van der Waals surface area contributed by atoms with E-state index in [0.29, 0.717) is 17.2 Å². The van der Waals surface area contributed by atoms with Crippen molar-refractivity contribution >= 4 is 34.9 Å².